The van der Waals surface area contributed by atoms with Crippen LogP contribution in [0.2, 0.25) is 0 Å². The summed E-state index contributed by atoms with van der Waals surface area (Å²) in [5.41, 5.74) is 1.36. The van der Waals surface area contributed by atoms with Gasteiger partial charge in [-0.2, -0.15) is 0 Å². The molecule has 1 aliphatic rings. The number of carbonyl (C=O) groups excluding carboxylic acids is 3. The molecule has 1 aliphatic heterocycles. The summed E-state index contributed by atoms with van der Waals surface area (Å²) >= 11 is 0. The lowest BCUT2D eigenvalue weighted by molar-refractivity contribution is -0.124. The summed E-state index contributed by atoms with van der Waals surface area (Å²) < 4.78 is 23.9. The van der Waals surface area contributed by atoms with E-state index in [4.69, 9.17) is 9.47 Å². The average Bonchev–Trinajstić information content (AvgIpc) is 3.08. The summed E-state index contributed by atoms with van der Waals surface area (Å²) in [6, 6.07) is 17.5. The van der Waals surface area contributed by atoms with Crippen LogP contribution in [0.4, 0.5) is 20.6 Å². The second kappa shape index (κ2) is 10.3. The van der Waals surface area contributed by atoms with Crippen LogP contribution in [0, 0.1) is 5.82 Å². The van der Waals surface area contributed by atoms with Gasteiger partial charge in [0.25, 0.3) is 5.91 Å². The van der Waals surface area contributed by atoms with Crippen LogP contribution in [0.25, 0.3) is 0 Å². The Hall–Kier alpha value is -4.40. The molecule has 0 bridgehead atoms. The largest absolute Gasteiger partial charge is 0.497 e. The Morgan fingerprint density at radius 1 is 0.943 bits per heavy atom. The van der Waals surface area contributed by atoms with Crippen LogP contribution < -0.4 is 19.7 Å². The summed E-state index contributed by atoms with van der Waals surface area (Å²) in [5.74, 6) is -0.418. The van der Waals surface area contributed by atoms with Crippen LogP contribution in [0.3, 0.4) is 0 Å². The Bertz CT molecular complexity index is 1250. The van der Waals surface area contributed by atoms with Gasteiger partial charge in [0.1, 0.15) is 23.4 Å². The number of rotatable bonds is 8. The van der Waals surface area contributed by atoms with E-state index in [2.05, 4.69) is 5.32 Å². The summed E-state index contributed by atoms with van der Waals surface area (Å²) in [7, 11) is 3.04. The molecule has 0 aromatic heterocycles. The van der Waals surface area contributed by atoms with Crippen molar-refractivity contribution in [1.29, 1.82) is 0 Å². The highest BCUT2D eigenvalue weighted by Crippen LogP contribution is 2.31. The van der Waals surface area contributed by atoms with E-state index in [0.29, 0.717) is 17.2 Å². The fourth-order valence-electron chi connectivity index (χ4n) is 3.88. The fourth-order valence-corrected chi connectivity index (χ4v) is 3.88. The van der Waals surface area contributed by atoms with Crippen molar-refractivity contribution in [3.63, 3.8) is 0 Å². The molecule has 3 aromatic rings. The van der Waals surface area contributed by atoms with Gasteiger partial charge in [-0.05, 0) is 48.0 Å². The molecule has 4 rings (SSSR count). The van der Waals surface area contributed by atoms with Crippen LogP contribution in [0.15, 0.2) is 72.8 Å². The number of anilines is 2. The van der Waals surface area contributed by atoms with Gasteiger partial charge in [-0.25, -0.2) is 14.1 Å². The zero-order valence-corrected chi connectivity index (χ0v) is 19.2. The Kier molecular flexibility index (Phi) is 6.96. The summed E-state index contributed by atoms with van der Waals surface area (Å²) in [6.07, 6.45) is -0.294. The number of amides is 4. The standard InChI is InChI=1S/C26H24FN3O5/c1-34-21-11-9-17(10-12-21)16-29-23(15-24(31)28-19-6-3-5-18(27)13-19)25(32)30(26(29)33)20-7-4-8-22(14-20)35-2/h3-14,23H,15-16H2,1-2H3,(H,28,31)/t23-/m1/s1. The van der Waals surface area contributed by atoms with Crippen LogP contribution in [-0.4, -0.2) is 43.0 Å². The first-order valence-electron chi connectivity index (χ1n) is 10.9. The van der Waals surface area contributed by atoms with Gasteiger partial charge < -0.3 is 19.7 Å². The van der Waals surface area contributed by atoms with Crippen molar-refractivity contribution < 1.29 is 28.2 Å². The molecule has 1 saturated heterocycles. The molecule has 9 heteroatoms. The zero-order chi connectivity index (χ0) is 24.9. The van der Waals surface area contributed by atoms with Gasteiger partial charge in [-0.1, -0.05) is 24.3 Å². The van der Waals surface area contributed by atoms with E-state index < -0.39 is 29.7 Å². The maximum absolute atomic E-state index is 13.5. The number of benzene rings is 3. The minimum absolute atomic E-state index is 0.104. The number of methoxy groups -OCH3 is 2. The molecule has 0 unspecified atom stereocenters. The number of hydrogen-bond acceptors (Lipinski definition) is 5. The van der Waals surface area contributed by atoms with Crippen LogP contribution in [0.1, 0.15) is 12.0 Å². The van der Waals surface area contributed by atoms with Crippen molar-refractivity contribution in [3.8, 4) is 11.5 Å². The lowest BCUT2D eigenvalue weighted by Gasteiger charge is -2.22. The third-order valence-corrected chi connectivity index (χ3v) is 5.63. The quantitative estimate of drug-likeness (QED) is 0.491. The van der Waals surface area contributed by atoms with Gasteiger partial charge in [0, 0.05) is 18.3 Å². The van der Waals surface area contributed by atoms with E-state index in [-0.39, 0.29) is 18.7 Å². The maximum atomic E-state index is 13.5. The number of halogens is 1. The number of nitrogens with zero attached hydrogens (tertiary/aromatic N) is 2. The SMILES string of the molecule is COc1ccc(CN2C(=O)N(c3cccc(OC)c3)C(=O)[C@H]2CC(=O)Nc2cccc(F)c2)cc1. The Balaban J connectivity index is 1.61. The van der Waals surface area contributed by atoms with Crippen molar-refractivity contribution in [2.45, 2.75) is 19.0 Å². The van der Waals surface area contributed by atoms with Crippen LogP contribution >= 0.6 is 0 Å². The third kappa shape index (κ3) is 5.24. The smallest absolute Gasteiger partial charge is 0.332 e. The molecule has 4 amide bonds. The lowest BCUT2D eigenvalue weighted by atomic mass is 10.1. The van der Waals surface area contributed by atoms with Gasteiger partial charge in [0.15, 0.2) is 0 Å². The Labute approximate surface area is 201 Å². The van der Waals surface area contributed by atoms with E-state index >= 15 is 0 Å². The molecule has 3 aromatic carbocycles. The first-order chi connectivity index (χ1) is 16.9. The summed E-state index contributed by atoms with van der Waals surface area (Å²) in [5, 5.41) is 2.59. The van der Waals surface area contributed by atoms with E-state index in [1.165, 1.54) is 30.2 Å². The Morgan fingerprint density at radius 3 is 2.34 bits per heavy atom. The average molecular weight is 477 g/mol. The molecule has 0 saturated carbocycles. The summed E-state index contributed by atoms with van der Waals surface area (Å²) in [4.78, 5) is 42.0. The summed E-state index contributed by atoms with van der Waals surface area (Å²) in [6.45, 7) is 0.104. The molecule has 8 nitrogen and oxygen atoms in total. The highest BCUT2D eigenvalue weighted by Gasteiger charge is 2.46. The molecule has 1 atom stereocenters. The number of imide groups is 1. The lowest BCUT2D eigenvalue weighted by Crippen LogP contribution is -2.37. The van der Waals surface area contributed by atoms with Gasteiger partial charge in [0.2, 0.25) is 5.91 Å². The molecule has 180 valence electrons. The molecule has 0 radical (unpaired) electrons. The molecule has 0 spiro atoms. The Morgan fingerprint density at radius 2 is 1.66 bits per heavy atom. The van der Waals surface area contributed by atoms with E-state index in [1.807, 2.05) is 0 Å². The van der Waals surface area contributed by atoms with E-state index in [0.717, 1.165) is 10.5 Å². The number of nitrogens with one attached hydrogen (secondary N) is 1. The topological polar surface area (TPSA) is 88.2 Å². The van der Waals surface area contributed by atoms with E-state index in [9.17, 15) is 18.8 Å². The predicted molar refractivity (Wildman–Crippen MR) is 128 cm³/mol. The molecular formula is C26H24FN3O5. The molecule has 1 N–H and O–H groups in total. The molecule has 1 heterocycles. The fraction of sp³-hybridized carbons (Fsp3) is 0.192. The van der Waals surface area contributed by atoms with Crippen molar-refractivity contribution >= 4 is 29.2 Å². The van der Waals surface area contributed by atoms with Gasteiger partial charge in [0.05, 0.1) is 26.3 Å². The minimum atomic E-state index is -1.05. The number of hydrogen-bond donors (Lipinski definition) is 1. The van der Waals surface area contributed by atoms with Gasteiger partial charge >= 0.3 is 6.03 Å². The van der Waals surface area contributed by atoms with Gasteiger partial charge in [-0.15, -0.1) is 0 Å². The number of ether oxygens (including phenoxy) is 2. The zero-order valence-electron chi connectivity index (χ0n) is 19.2. The van der Waals surface area contributed by atoms with E-state index in [1.54, 1.807) is 61.7 Å². The second-order valence-electron chi connectivity index (χ2n) is 7.91. The minimum Gasteiger partial charge on any atom is -0.497 e. The van der Waals surface area contributed by atoms with Crippen LogP contribution in [0.5, 0.6) is 11.5 Å². The monoisotopic (exact) mass is 477 g/mol. The number of carbonyl (C=O) groups is 3. The number of urea groups is 1. The third-order valence-electron chi connectivity index (χ3n) is 5.63. The van der Waals surface area contributed by atoms with Crippen molar-refractivity contribution in [2.24, 2.45) is 0 Å². The van der Waals surface area contributed by atoms with Crippen LogP contribution in [-0.2, 0) is 16.1 Å². The molecular weight excluding hydrogens is 453 g/mol. The normalized spacial score (nSPS) is 15.3. The highest BCUT2D eigenvalue weighted by molar-refractivity contribution is 6.22. The second-order valence-corrected chi connectivity index (χ2v) is 7.91. The highest BCUT2D eigenvalue weighted by atomic mass is 19.1. The molecule has 35 heavy (non-hydrogen) atoms. The maximum Gasteiger partial charge on any atom is 0.332 e. The van der Waals surface area contributed by atoms with Crippen molar-refractivity contribution in [1.82, 2.24) is 4.90 Å². The van der Waals surface area contributed by atoms with Crippen molar-refractivity contribution in [3.05, 3.63) is 84.2 Å². The first-order valence-corrected chi connectivity index (χ1v) is 10.9. The molecule has 0 aliphatic carbocycles. The predicted octanol–water partition coefficient (Wildman–Crippen LogP) is 4.21. The van der Waals surface area contributed by atoms with Gasteiger partial charge in [-0.3, -0.25) is 9.59 Å². The molecule has 1 fully saturated rings. The van der Waals surface area contributed by atoms with Crippen molar-refractivity contribution in [2.75, 3.05) is 24.4 Å². The first kappa shape index (κ1) is 23.7.